The number of unbranched alkanes of at least 4 members (excludes halogenated alkanes) is 1. The van der Waals surface area contributed by atoms with Gasteiger partial charge in [-0.3, -0.25) is 9.69 Å². The van der Waals surface area contributed by atoms with Gasteiger partial charge in [-0.15, -0.1) is 5.10 Å². The summed E-state index contributed by atoms with van der Waals surface area (Å²) in [6.07, 6.45) is 2.51. The molecule has 248 valence electrons. The number of anilines is 3. The minimum atomic E-state index is -0.679. The Morgan fingerprint density at radius 2 is 1.91 bits per heavy atom. The summed E-state index contributed by atoms with van der Waals surface area (Å²) in [5.41, 5.74) is 1.13. The van der Waals surface area contributed by atoms with Crippen molar-refractivity contribution in [1.82, 2.24) is 30.0 Å². The van der Waals surface area contributed by atoms with Crippen LogP contribution in [-0.4, -0.2) is 88.2 Å². The van der Waals surface area contributed by atoms with Crippen LogP contribution in [0.25, 0.3) is 10.9 Å². The van der Waals surface area contributed by atoms with Gasteiger partial charge in [0.25, 0.3) is 0 Å². The zero-order chi connectivity index (χ0) is 33.9. The Morgan fingerprint density at radius 3 is 2.59 bits per heavy atom. The number of rotatable bonds is 12. The average Bonchev–Trinajstić information content (AvgIpc) is 3.38. The molecule has 0 aliphatic carbocycles. The molecule has 2 aromatic heterocycles. The van der Waals surface area contributed by atoms with E-state index >= 15 is 0 Å². The van der Waals surface area contributed by atoms with Gasteiger partial charge in [0.1, 0.15) is 17.5 Å². The lowest BCUT2D eigenvalue weighted by molar-refractivity contribution is -0.125. The molecule has 0 unspecified atom stereocenters. The molecular weight excluding hydrogens is 592 g/mol. The van der Waals surface area contributed by atoms with E-state index in [1.807, 2.05) is 6.07 Å². The van der Waals surface area contributed by atoms with Gasteiger partial charge in [-0.1, -0.05) is 18.8 Å². The molecule has 46 heavy (non-hydrogen) atoms. The number of ether oxygens (including phenoxy) is 3. The van der Waals surface area contributed by atoms with E-state index in [4.69, 9.17) is 14.2 Å². The smallest absolute Gasteiger partial charge is 0.435 e. The van der Waals surface area contributed by atoms with Crippen molar-refractivity contribution in [3.05, 3.63) is 30.0 Å². The molecule has 2 amide bonds. The van der Waals surface area contributed by atoms with Crippen LogP contribution in [0.3, 0.4) is 0 Å². The summed E-state index contributed by atoms with van der Waals surface area (Å²) in [6, 6.07) is 4.67. The van der Waals surface area contributed by atoms with Gasteiger partial charge < -0.3 is 30.2 Å². The maximum atomic E-state index is 12.5. The van der Waals surface area contributed by atoms with Crippen molar-refractivity contribution in [2.75, 3.05) is 44.5 Å². The molecule has 3 N–H and O–H groups in total. The monoisotopic (exact) mass is 636 g/mol. The molecule has 0 radical (unpaired) electrons. The lowest BCUT2D eigenvalue weighted by Gasteiger charge is -2.28. The second kappa shape index (κ2) is 16.3. The highest BCUT2D eigenvalue weighted by Crippen LogP contribution is 2.29. The second-order valence-corrected chi connectivity index (χ2v) is 11.3. The summed E-state index contributed by atoms with van der Waals surface area (Å²) in [5.74, 6) is 7.20. The van der Waals surface area contributed by atoms with E-state index < -0.39 is 23.8 Å². The molecule has 1 atom stereocenters. The van der Waals surface area contributed by atoms with Gasteiger partial charge in [-0.25, -0.2) is 14.6 Å². The van der Waals surface area contributed by atoms with Crippen molar-refractivity contribution >= 4 is 46.5 Å². The highest BCUT2D eigenvalue weighted by molar-refractivity contribution is 5.93. The van der Waals surface area contributed by atoms with Crippen molar-refractivity contribution in [3.8, 4) is 17.7 Å². The molecular formula is C32H44N8O6. The number of aromatic nitrogens is 4. The topological polar surface area (TPSA) is 162 Å². The van der Waals surface area contributed by atoms with Gasteiger partial charge in [0.15, 0.2) is 0 Å². The first kappa shape index (κ1) is 35.4. The molecule has 0 bridgehead atoms. The number of nitrogens with zero attached hydrogens (tertiary/aromatic N) is 5. The first-order chi connectivity index (χ1) is 21.9. The van der Waals surface area contributed by atoms with Crippen molar-refractivity contribution in [3.63, 3.8) is 0 Å². The molecule has 3 aromatic rings. The fraction of sp³-hybridized carbons (Fsp3) is 0.500. The van der Waals surface area contributed by atoms with Crippen LogP contribution in [-0.2, 0) is 14.3 Å². The summed E-state index contributed by atoms with van der Waals surface area (Å²) in [6.45, 7) is 12.1. The number of likely N-dealkylation sites (N-methyl/N-ethyl adjacent to an activating group) is 1. The quantitative estimate of drug-likeness (QED) is 0.183. The number of fused-ring (bicyclic) bond motifs is 1. The van der Waals surface area contributed by atoms with Crippen molar-refractivity contribution in [1.29, 1.82) is 0 Å². The predicted molar refractivity (Wildman–Crippen MR) is 175 cm³/mol. The van der Waals surface area contributed by atoms with Crippen LogP contribution >= 0.6 is 0 Å². The Hall–Kier alpha value is -5.06. The highest BCUT2D eigenvalue weighted by atomic mass is 16.6. The number of nitrogens with one attached hydrogen (secondary N) is 3. The largest absolute Gasteiger partial charge is 0.479 e. The third-order valence-corrected chi connectivity index (χ3v) is 6.51. The van der Waals surface area contributed by atoms with Gasteiger partial charge >= 0.3 is 12.2 Å². The first-order valence-electron chi connectivity index (χ1n) is 15.2. The van der Waals surface area contributed by atoms with E-state index in [1.165, 1.54) is 19.1 Å². The minimum Gasteiger partial charge on any atom is -0.479 e. The normalized spacial score (nSPS) is 11.6. The maximum Gasteiger partial charge on any atom is 0.435 e. The van der Waals surface area contributed by atoms with Gasteiger partial charge in [-0.05, 0) is 65.7 Å². The van der Waals surface area contributed by atoms with Gasteiger partial charge in [0.05, 0.1) is 36.4 Å². The first-order valence-corrected chi connectivity index (χ1v) is 15.2. The lowest BCUT2D eigenvalue weighted by atomic mass is 10.2. The molecule has 2 heterocycles. The third kappa shape index (κ3) is 9.72. The number of hydrogen-bond donors (Lipinski definition) is 3. The van der Waals surface area contributed by atoms with Crippen LogP contribution in [0.2, 0.25) is 0 Å². The molecule has 0 saturated carbocycles. The molecule has 0 spiro atoms. The zero-order valence-electron chi connectivity index (χ0n) is 27.8. The van der Waals surface area contributed by atoms with Crippen molar-refractivity contribution < 1.29 is 28.6 Å². The summed E-state index contributed by atoms with van der Waals surface area (Å²) in [4.78, 5) is 47.5. The summed E-state index contributed by atoms with van der Waals surface area (Å²) in [5, 5.41) is 14.2. The molecule has 0 saturated heterocycles. The second-order valence-electron chi connectivity index (χ2n) is 11.3. The van der Waals surface area contributed by atoms with Gasteiger partial charge in [-0.2, -0.15) is 9.67 Å². The lowest BCUT2D eigenvalue weighted by Crippen LogP contribution is -2.47. The fourth-order valence-corrected chi connectivity index (χ4v) is 4.04. The molecule has 14 heteroatoms. The Balaban J connectivity index is 1.64. The molecule has 0 fully saturated rings. The van der Waals surface area contributed by atoms with E-state index in [1.54, 1.807) is 52.9 Å². The number of benzene rings is 1. The Morgan fingerprint density at radius 1 is 1.15 bits per heavy atom. The van der Waals surface area contributed by atoms with Crippen LogP contribution in [0, 0.1) is 11.8 Å². The summed E-state index contributed by atoms with van der Waals surface area (Å²) < 4.78 is 16.9. The summed E-state index contributed by atoms with van der Waals surface area (Å²) >= 11 is 0. The fourth-order valence-electron chi connectivity index (χ4n) is 4.04. The van der Waals surface area contributed by atoms with Crippen LogP contribution in [0.5, 0.6) is 5.88 Å². The number of amides is 2. The standard InChI is InChI=1S/C32H44N8O6/c1-9-17-33-26-22(14-12-11-13-18-34-27(41)21(3)39(7)30(42)46-32(4,5)6)20-35-29(37-26)36-23-15-16-24-25(19-23)40(31(43)45-10-2)38-28(24)44-8/h15-16,19-21H,9-11,13,17-18H2,1-8H3,(H,34,41)(H2,33,35,36,37)/t21-/m0/s1. The molecule has 0 aliphatic heterocycles. The van der Waals surface area contributed by atoms with E-state index in [0.717, 1.165) is 11.1 Å². The molecule has 1 aromatic carbocycles. The number of carbonyl (C=O) groups is 3. The van der Waals surface area contributed by atoms with E-state index in [2.05, 4.69) is 49.8 Å². The SMILES string of the molecule is CCCNc1nc(Nc2ccc3c(OC)nn(C(=O)OCC)c3c2)ncc1C#CCCCNC(=O)[C@H](C)N(C)C(=O)OC(C)(C)C. The maximum absolute atomic E-state index is 12.5. The Labute approximate surface area is 269 Å². The van der Waals surface area contributed by atoms with E-state index in [-0.39, 0.29) is 12.5 Å². The Kier molecular flexibility index (Phi) is 12.6. The molecule has 0 aliphatic rings. The van der Waals surface area contributed by atoms with Crippen LogP contribution in [0.4, 0.5) is 27.0 Å². The van der Waals surface area contributed by atoms with Gasteiger partial charge in [0, 0.05) is 32.2 Å². The zero-order valence-corrected chi connectivity index (χ0v) is 27.8. The molecule has 3 rings (SSSR count). The van der Waals surface area contributed by atoms with E-state index in [0.29, 0.717) is 65.7 Å². The third-order valence-electron chi connectivity index (χ3n) is 6.51. The average molecular weight is 637 g/mol. The Bertz CT molecular complexity index is 1590. The van der Waals surface area contributed by atoms with Crippen LogP contribution in [0.1, 0.15) is 66.4 Å². The van der Waals surface area contributed by atoms with Crippen molar-refractivity contribution in [2.24, 2.45) is 0 Å². The van der Waals surface area contributed by atoms with Crippen LogP contribution in [0.15, 0.2) is 24.4 Å². The number of methoxy groups -OCH3 is 1. The predicted octanol–water partition coefficient (Wildman–Crippen LogP) is 4.91. The number of hydrogen-bond acceptors (Lipinski definition) is 11. The van der Waals surface area contributed by atoms with Crippen LogP contribution < -0.4 is 20.7 Å². The minimum absolute atomic E-state index is 0.210. The van der Waals surface area contributed by atoms with Crippen molar-refractivity contribution in [2.45, 2.75) is 72.4 Å². The highest BCUT2D eigenvalue weighted by Gasteiger charge is 2.26. The molecule has 14 nitrogen and oxygen atoms in total. The summed E-state index contributed by atoms with van der Waals surface area (Å²) in [7, 11) is 3.02. The van der Waals surface area contributed by atoms with Gasteiger partial charge in [0.2, 0.25) is 17.7 Å². The van der Waals surface area contributed by atoms with E-state index in [9.17, 15) is 14.4 Å². The number of carbonyl (C=O) groups excluding carboxylic acids is 3.